The summed E-state index contributed by atoms with van der Waals surface area (Å²) in [5.41, 5.74) is 3.11. The summed E-state index contributed by atoms with van der Waals surface area (Å²) in [6, 6.07) is 23.0. The minimum absolute atomic E-state index is 0.220. The molecule has 2 aromatic carbocycles. The van der Waals surface area contributed by atoms with Gasteiger partial charge in [0.1, 0.15) is 0 Å². The summed E-state index contributed by atoms with van der Waals surface area (Å²) in [7, 11) is 0. The minimum Gasteiger partial charge on any atom is -0.381 e. The van der Waals surface area contributed by atoms with Crippen LogP contribution in [0.3, 0.4) is 0 Å². The standard InChI is InChI=1S/C24H32N2O/c1-20(21-8-4-2-5-9-21)26-15-12-23(18-26)25-19-24(13-16-27-17-14-24)22-10-6-3-7-11-22/h2-11,20,23,25H,12-19H2,1H3/t20-,23-/m0/s1. The Morgan fingerprint density at radius 1 is 1.04 bits per heavy atom. The van der Waals surface area contributed by atoms with Crippen molar-refractivity contribution >= 4 is 0 Å². The summed E-state index contributed by atoms with van der Waals surface area (Å²) in [5, 5.41) is 3.93. The molecule has 2 saturated heterocycles. The van der Waals surface area contributed by atoms with E-state index in [1.807, 2.05) is 0 Å². The molecule has 0 bridgehead atoms. The highest BCUT2D eigenvalue weighted by atomic mass is 16.5. The molecule has 3 nitrogen and oxygen atoms in total. The summed E-state index contributed by atoms with van der Waals surface area (Å²) >= 11 is 0. The Morgan fingerprint density at radius 3 is 2.41 bits per heavy atom. The molecule has 2 fully saturated rings. The van der Waals surface area contributed by atoms with Gasteiger partial charge in [0.25, 0.3) is 0 Å². The monoisotopic (exact) mass is 364 g/mol. The van der Waals surface area contributed by atoms with E-state index in [1.54, 1.807) is 0 Å². The minimum atomic E-state index is 0.220. The van der Waals surface area contributed by atoms with Gasteiger partial charge in [-0.2, -0.15) is 0 Å². The van der Waals surface area contributed by atoms with Gasteiger partial charge in [-0.1, -0.05) is 60.7 Å². The normalized spacial score (nSPS) is 24.0. The predicted octanol–water partition coefficient (Wildman–Crippen LogP) is 4.16. The number of likely N-dealkylation sites (tertiary alicyclic amines) is 1. The molecule has 4 rings (SSSR count). The second kappa shape index (κ2) is 8.55. The van der Waals surface area contributed by atoms with Crippen molar-refractivity contribution in [1.29, 1.82) is 0 Å². The lowest BCUT2D eigenvalue weighted by Crippen LogP contribution is -2.46. The zero-order chi connectivity index (χ0) is 18.5. The van der Waals surface area contributed by atoms with Gasteiger partial charge in [0, 0.05) is 50.3 Å². The first kappa shape index (κ1) is 18.7. The molecule has 0 amide bonds. The summed E-state index contributed by atoms with van der Waals surface area (Å²) < 4.78 is 5.68. The number of nitrogens with zero attached hydrogens (tertiary/aromatic N) is 1. The Hall–Kier alpha value is -1.68. The van der Waals surface area contributed by atoms with Crippen LogP contribution in [0.2, 0.25) is 0 Å². The lowest BCUT2D eigenvalue weighted by atomic mass is 9.74. The summed E-state index contributed by atoms with van der Waals surface area (Å²) in [4.78, 5) is 2.62. The first-order chi connectivity index (χ1) is 13.3. The van der Waals surface area contributed by atoms with Gasteiger partial charge in [0.2, 0.25) is 0 Å². The number of ether oxygens (including phenoxy) is 1. The Balaban J connectivity index is 1.38. The predicted molar refractivity (Wildman–Crippen MR) is 111 cm³/mol. The second-order valence-electron chi connectivity index (χ2n) is 8.21. The van der Waals surface area contributed by atoms with Crippen LogP contribution >= 0.6 is 0 Å². The van der Waals surface area contributed by atoms with E-state index in [1.165, 1.54) is 24.1 Å². The molecule has 2 atom stereocenters. The van der Waals surface area contributed by atoms with Crippen LogP contribution in [0.25, 0.3) is 0 Å². The molecular formula is C24H32N2O. The van der Waals surface area contributed by atoms with Gasteiger partial charge >= 0.3 is 0 Å². The molecule has 0 radical (unpaired) electrons. The van der Waals surface area contributed by atoms with Crippen molar-refractivity contribution in [3.8, 4) is 0 Å². The van der Waals surface area contributed by atoms with Crippen molar-refractivity contribution in [3.63, 3.8) is 0 Å². The molecule has 0 aliphatic carbocycles. The third-order valence-corrected chi connectivity index (χ3v) is 6.61. The van der Waals surface area contributed by atoms with Crippen LogP contribution in [0.1, 0.15) is 43.4 Å². The average Bonchev–Trinajstić information content (AvgIpc) is 3.23. The van der Waals surface area contributed by atoms with Crippen molar-refractivity contribution in [2.75, 3.05) is 32.8 Å². The van der Waals surface area contributed by atoms with Gasteiger partial charge in [-0.25, -0.2) is 0 Å². The first-order valence-electron chi connectivity index (χ1n) is 10.4. The molecule has 0 unspecified atom stereocenters. The maximum atomic E-state index is 5.68. The molecule has 2 aromatic rings. The van der Waals surface area contributed by atoms with E-state index < -0.39 is 0 Å². The first-order valence-corrected chi connectivity index (χ1v) is 10.4. The van der Waals surface area contributed by atoms with Crippen molar-refractivity contribution in [2.24, 2.45) is 0 Å². The second-order valence-corrected chi connectivity index (χ2v) is 8.21. The van der Waals surface area contributed by atoms with Crippen molar-refractivity contribution in [1.82, 2.24) is 10.2 Å². The van der Waals surface area contributed by atoms with Gasteiger partial charge in [-0.05, 0) is 37.3 Å². The van der Waals surface area contributed by atoms with Gasteiger partial charge in [-0.3, -0.25) is 4.90 Å². The lowest BCUT2D eigenvalue weighted by molar-refractivity contribution is 0.0489. The van der Waals surface area contributed by atoms with E-state index in [0.717, 1.165) is 39.1 Å². The fraction of sp³-hybridized carbons (Fsp3) is 0.500. The molecule has 2 aliphatic heterocycles. The molecule has 3 heteroatoms. The van der Waals surface area contributed by atoms with Crippen LogP contribution < -0.4 is 5.32 Å². The number of benzene rings is 2. The van der Waals surface area contributed by atoms with Crippen LogP contribution in [0.4, 0.5) is 0 Å². The van der Waals surface area contributed by atoms with Crippen molar-refractivity contribution < 1.29 is 4.74 Å². The summed E-state index contributed by atoms with van der Waals surface area (Å²) in [5.74, 6) is 0. The van der Waals surface area contributed by atoms with E-state index in [9.17, 15) is 0 Å². The molecule has 0 spiro atoms. The van der Waals surface area contributed by atoms with Crippen molar-refractivity contribution in [2.45, 2.75) is 43.7 Å². The largest absolute Gasteiger partial charge is 0.381 e. The van der Waals surface area contributed by atoms with E-state index in [0.29, 0.717) is 12.1 Å². The molecular weight excluding hydrogens is 332 g/mol. The van der Waals surface area contributed by atoms with E-state index in [4.69, 9.17) is 4.74 Å². The van der Waals surface area contributed by atoms with Gasteiger partial charge in [0.05, 0.1) is 0 Å². The van der Waals surface area contributed by atoms with Gasteiger partial charge in [0.15, 0.2) is 0 Å². The van der Waals surface area contributed by atoms with Crippen LogP contribution in [-0.2, 0) is 10.2 Å². The zero-order valence-corrected chi connectivity index (χ0v) is 16.4. The molecule has 2 heterocycles. The highest BCUT2D eigenvalue weighted by molar-refractivity contribution is 5.27. The fourth-order valence-corrected chi connectivity index (χ4v) is 4.71. The summed E-state index contributed by atoms with van der Waals surface area (Å²) in [6.07, 6.45) is 3.46. The van der Waals surface area contributed by atoms with Crippen LogP contribution in [0.5, 0.6) is 0 Å². The van der Waals surface area contributed by atoms with Crippen molar-refractivity contribution in [3.05, 3.63) is 71.8 Å². The lowest BCUT2D eigenvalue weighted by Gasteiger charge is -2.39. The molecule has 27 heavy (non-hydrogen) atoms. The van der Waals surface area contributed by atoms with Crippen LogP contribution in [0, 0.1) is 0 Å². The fourth-order valence-electron chi connectivity index (χ4n) is 4.71. The third kappa shape index (κ3) is 4.26. The Labute approximate surface area is 163 Å². The quantitative estimate of drug-likeness (QED) is 0.833. The number of hydrogen-bond donors (Lipinski definition) is 1. The molecule has 2 aliphatic rings. The Kier molecular flexibility index (Phi) is 5.92. The molecule has 0 saturated carbocycles. The highest BCUT2D eigenvalue weighted by Crippen LogP contribution is 2.34. The Morgan fingerprint density at radius 2 is 1.70 bits per heavy atom. The zero-order valence-electron chi connectivity index (χ0n) is 16.4. The van der Waals surface area contributed by atoms with Gasteiger partial charge in [-0.15, -0.1) is 0 Å². The van der Waals surface area contributed by atoms with E-state index in [-0.39, 0.29) is 5.41 Å². The molecule has 0 aromatic heterocycles. The number of rotatable bonds is 6. The summed E-state index contributed by atoms with van der Waals surface area (Å²) in [6.45, 7) is 7.45. The average molecular weight is 365 g/mol. The highest BCUT2D eigenvalue weighted by Gasteiger charge is 2.36. The maximum absolute atomic E-state index is 5.68. The SMILES string of the molecule is C[C@@H](c1ccccc1)N1CC[C@H](NCC2(c3ccccc3)CCOCC2)C1. The topological polar surface area (TPSA) is 24.5 Å². The van der Waals surface area contributed by atoms with E-state index >= 15 is 0 Å². The Bertz CT molecular complexity index is 697. The van der Waals surface area contributed by atoms with Gasteiger partial charge < -0.3 is 10.1 Å². The molecule has 144 valence electrons. The molecule has 1 N–H and O–H groups in total. The van der Waals surface area contributed by atoms with E-state index in [2.05, 4.69) is 77.8 Å². The smallest absolute Gasteiger partial charge is 0.0475 e. The maximum Gasteiger partial charge on any atom is 0.0475 e. The van der Waals surface area contributed by atoms with Crippen LogP contribution in [-0.4, -0.2) is 43.8 Å². The number of nitrogens with one attached hydrogen (secondary N) is 1. The number of hydrogen-bond acceptors (Lipinski definition) is 3. The third-order valence-electron chi connectivity index (χ3n) is 6.61. The van der Waals surface area contributed by atoms with Crippen LogP contribution in [0.15, 0.2) is 60.7 Å².